The number of aliphatic hydroxyl groups excluding tert-OH is 3. The monoisotopic (exact) mass is 450 g/mol. The van der Waals surface area contributed by atoms with Gasteiger partial charge in [-0.2, -0.15) is 0 Å². The number of carbonyl (C=O) groups excluding carboxylic acids is 1. The number of carbonyl (C=O) groups is 1. The van der Waals surface area contributed by atoms with Crippen LogP contribution in [0.5, 0.6) is 0 Å². The number of ether oxygens (including phenoxy) is 1. The van der Waals surface area contributed by atoms with Gasteiger partial charge in [-0.3, -0.25) is 9.36 Å². The fourth-order valence-corrected chi connectivity index (χ4v) is 4.12. The molecule has 5 unspecified atom stereocenters. The first kappa shape index (κ1) is 23.6. The van der Waals surface area contributed by atoms with E-state index in [0.717, 1.165) is 24.8 Å². The van der Waals surface area contributed by atoms with Gasteiger partial charge >= 0.3 is 0 Å². The zero-order chi connectivity index (χ0) is 22.5. The van der Waals surface area contributed by atoms with E-state index in [1.165, 1.54) is 11.6 Å². The molecule has 0 aliphatic carbocycles. The van der Waals surface area contributed by atoms with Crippen molar-refractivity contribution in [2.75, 3.05) is 6.61 Å². The lowest BCUT2D eigenvalue weighted by atomic mass is 9.96. The highest BCUT2D eigenvalue weighted by atomic mass is 32.1. The lowest BCUT2D eigenvalue weighted by Crippen LogP contribution is -2.62. The van der Waals surface area contributed by atoms with Gasteiger partial charge in [0, 0.05) is 19.0 Å². The Morgan fingerprint density at radius 1 is 1.23 bits per heavy atom. The van der Waals surface area contributed by atoms with Gasteiger partial charge in [0.25, 0.3) is 0 Å². The Hall–Kier alpha value is -2.11. The van der Waals surface area contributed by atoms with Gasteiger partial charge < -0.3 is 25.4 Å². The number of aliphatic hydroxyl groups is 3. The van der Waals surface area contributed by atoms with Crippen molar-refractivity contribution in [2.24, 2.45) is 0 Å². The number of hydrogen-bond acceptors (Lipinski definition) is 7. The molecule has 2 heterocycles. The summed E-state index contributed by atoms with van der Waals surface area (Å²) in [6.45, 7) is 3.59. The maximum atomic E-state index is 11.8. The van der Waals surface area contributed by atoms with Crippen LogP contribution in [0.25, 0.3) is 11.4 Å². The molecular formula is C21H30N4O5S. The molecule has 4 N–H and O–H groups in total. The van der Waals surface area contributed by atoms with Crippen LogP contribution in [-0.4, -0.2) is 66.5 Å². The summed E-state index contributed by atoms with van der Waals surface area (Å²) in [5, 5.41) is 37.9. The fraction of sp³-hybridized carbons (Fsp3) is 0.571. The molecule has 0 saturated carbocycles. The van der Waals surface area contributed by atoms with E-state index in [1.54, 1.807) is 0 Å². The summed E-state index contributed by atoms with van der Waals surface area (Å²) in [6.07, 6.45) is -1.77. The van der Waals surface area contributed by atoms with Crippen molar-refractivity contribution >= 4 is 18.1 Å². The molecule has 0 radical (unpaired) electrons. The summed E-state index contributed by atoms with van der Waals surface area (Å²) >= 11 is 5.72. The Morgan fingerprint density at radius 3 is 2.55 bits per heavy atom. The second-order valence-electron chi connectivity index (χ2n) is 7.73. The zero-order valence-electron chi connectivity index (χ0n) is 17.7. The maximum Gasteiger partial charge on any atom is 0.217 e. The second kappa shape index (κ2) is 10.5. The van der Waals surface area contributed by atoms with Gasteiger partial charge in [0.2, 0.25) is 10.7 Å². The van der Waals surface area contributed by atoms with Crippen LogP contribution >= 0.6 is 12.2 Å². The van der Waals surface area contributed by atoms with Crippen molar-refractivity contribution in [3.05, 3.63) is 35.1 Å². The molecule has 9 nitrogen and oxygen atoms in total. The first-order valence-electron chi connectivity index (χ1n) is 10.5. The summed E-state index contributed by atoms with van der Waals surface area (Å²) in [5.41, 5.74) is 0.870. The predicted molar refractivity (Wildman–Crippen MR) is 117 cm³/mol. The van der Waals surface area contributed by atoms with Crippen molar-refractivity contribution in [2.45, 2.75) is 70.2 Å². The molecule has 170 valence electrons. The van der Waals surface area contributed by atoms with Gasteiger partial charge in [0.05, 0.1) is 6.61 Å². The van der Waals surface area contributed by atoms with Crippen LogP contribution in [0.1, 0.15) is 39.3 Å². The van der Waals surface area contributed by atoms with E-state index in [0.29, 0.717) is 17.1 Å². The molecule has 1 aliphatic rings. The third-order valence-electron chi connectivity index (χ3n) is 5.41. The average molecular weight is 451 g/mol. The highest BCUT2D eigenvalue weighted by molar-refractivity contribution is 7.71. The standard InChI is InChI=1S/C21H30N4O5S/c1-3-4-8-11-24-19(14-9-6-5-7-10-14)23-25(21(24)31)20-16(22-13(2)27)18(29)17(28)15(12-26)30-20/h5-7,9-10,15-18,20,26,28-29H,3-4,8,11-12H2,1-2H3,(H,22,27). The van der Waals surface area contributed by atoms with Crippen LogP contribution in [-0.2, 0) is 16.1 Å². The molecule has 0 bridgehead atoms. The summed E-state index contributed by atoms with van der Waals surface area (Å²) in [5.74, 6) is 0.248. The van der Waals surface area contributed by atoms with Crippen molar-refractivity contribution < 1.29 is 24.9 Å². The van der Waals surface area contributed by atoms with E-state index in [-0.39, 0.29) is 0 Å². The van der Waals surface area contributed by atoms with Crippen LogP contribution in [0.2, 0.25) is 0 Å². The second-order valence-corrected chi connectivity index (χ2v) is 8.10. The number of aromatic nitrogens is 3. The number of benzene rings is 1. The lowest BCUT2D eigenvalue weighted by Gasteiger charge is -2.42. The van der Waals surface area contributed by atoms with Gasteiger partial charge in [-0.25, -0.2) is 4.68 Å². The molecule has 5 atom stereocenters. The molecule has 1 aliphatic heterocycles. The molecule has 3 rings (SSSR count). The fourth-order valence-electron chi connectivity index (χ4n) is 3.80. The number of amides is 1. The Labute approximate surface area is 186 Å². The smallest absolute Gasteiger partial charge is 0.217 e. The SMILES string of the molecule is CCCCCn1c(-c2ccccc2)nn(C2OC(CO)C(O)C(O)C2NC(C)=O)c1=S. The minimum Gasteiger partial charge on any atom is -0.394 e. The largest absolute Gasteiger partial charge is 0.394 e. The molecule has 1 amide bonds. The normalized spacial score (nSPS) is 26.0. The average Bonchev–Trinajstić information content (AvgIpc) is 3.08. The minimum absolute atomic E-state index is 0.371. The number of unbranched alkanes of at least 4 members (excludes halogenated alkanes) is 2. The van der Waals surface area contributed by atoms with Gasteiger partial charge in [-0.05, 0) is 18.6 Å². The van der Waals surface area contributed by atoms with Gasteiger partial charge in [0.15, 0.2) is 12.1 Å². The summed E-state index contributed by atoms with van der Waals surface area (Å²) in [4.78, 5) is 11.8. The molecule has 1 saturated heterocycles. The van der Waals surface area contributed by atoms with E-state index in [2.05, 4.69) is 12.2 Å². The molecule has 2 aromatic rings. The quantitative estimate of drug-likeness (QED) is 0.354. The number of nitrogens with zero attached hydrogens (tertiary/aromatic N) is 3. The van der Waals surface area contributed by atoms with Gasteiger partial charge in [-0.1, -0.05) is 50.1 Å². The third-order valence-corrected chi connectivity index (χ3v) is 5.82. The van der Waals surface area contributed by atoms with E-state index in [9.17, 15) is 20.1 Å². The summed E-state index contributed by atoms with van der Waals surface area (Å²) < 4.78 is 9.61. The van der Waals surface area contributed by atoms with Crippen LogP contribution in [0.4, 0.5) is 0 Å². The predicted octanol–water partition coefficient (Wildman–Crippen LogP) is 1.39. The molecular weight excluding hydrogens is 420 g/mol. The van der Waals surface area contributed by atoms with Crippen molar-refractivity contribution in [1.29, 1.82) is 0 Å². The third kappa shape index (κ3) is 5.04. The number of nitrogens with one attached hydrogen (secondary N) is 1. The molecule has 10 heteroatoms. The zero-order valence-corrected chi connectivity index (χ0v) is 18.5. The van der Waals surface area contributed by atoms with E-state index >= 15 is 0 Å². The topological polar surface area (TPSA) is 122 Å². The first-order chi connectivity index (χ1) is 14.9. The Bertz CT molecular complexity index is 932. The highest BCUT2D eigenvalue weighted by Gasteiger charge is 2.46. The Kier molecular flexibility index (Phi) is 7.95. The minimum atomic E-state index is -1.37. The van der Waals surface area contributed by atoms with Crippen molar-refractivity contribution in [3.8, 4) is 11.4 Å². The van der Waals surface area contributed by atoms with Gasteiger partial charge in [0.1, 0.15) is 24.4 Å². The van der Waals surface area contributed by atoms with Crippen LogP contribution in [0.15, 0.2) is 30.3 Å². The highest BCUT2D eigenvalue weighted by Crippen LogP contribution is 2.30. The van der Waals surface area contributed by atoms with E-state index < -0.39 is 43.1 Å². The van der Waals surface area contributed by atoms with Crippen molar-refractivity contribution in [3.63, 3.8) is 0 Å². The van der Waals surface area contributed by atoms with E-state index in [1.807, 2.05) is 34.9 Å². The van der Waals surface area contributed by atoms with Crippen LogP contribution < -0.4 is 5.32 Å². The molecule has 1 aromatic heterocycles. The molecule has 1 aromatic carbocycles. The summed E-state index contributed by atoms with van der Waals surface area (Å²) in [7, 11) is 0. The summed E-state index contributed by atoms with van der Waals surface area (Å²) in [6, 6.07) is 8.60. The first-order valence-corrected chi connectivity index (χ1v) is 10.9. The maximum absolute atomic E-state index is 11.8. The van der Waals surface area contributed by atoms with Crippen LogP contribution in [0.3, 0.4) is 0 Å². The lowest BCUT2D eigenvalue weighted by molar-refractivity contribution is -0.219. The van der Waals surface area contributed by atoms with Crippen LogP contribution in [0, 0.1) is 4.77 Å². The molecule has 0 spiro atoms. The van der Waals surface area contributed by atoms with Gasteiger partial charge in [-0.15, -0.1) is 5.10 Å². The molecule has 31 heavy (non-hydrogen) atoms. The number of rotatable bonds is 8. The van der Waals surface area contributed by atoms with Crippen molar-refractivity contribution in [1.82, 2.24) is 19.7 Å². The Morgan fingerprint density at radius 2 is 1.94 bits per heavy atom. The Balaban J connectivity index is 2.08. The molecule has 1 fully saturated rings. The number of hydrogen-bond donors (Lipinski definition) is 4. The van der Waals surface area contributed by atoms with E-state index in [4.69, 9.17) is 22.1 Å².